The molecule has 1 aromatic heterocycles. The molecule has 0 spiro atoms. The lowest BCUT2D eigenvalue weighted by Gasteiger charge is -2.23. The number of carbonyl (C=O) groups excluding carboxylic acids is 1. The lowest BCUT2D eigenvalue weighted by atomic mass is 10.0. The molecule has 1 amide bonds. The number of halogens is 2. The number of nitrogens with one attached hydrogen (secondary N) is 2. The largest absolute Gasteiger partial charge is 0.325 e. The molecule has 0 bridgehead atoms. The molecule has 0 saturated carbocycles. The summed E-state index contributed by atoms with van der Waals surface area (Å²) in [6, 6.07) is 13.9. The number of carbonyl (C=O) groups is 1. The molecule has 2 atom stereocenters. The Kier molecular flexibility index (Phi) is 5.98. The van der Waals surface area contributed by atoms with Crippen molar-refractivity contribution in [3.05, 3.63) is 87.6 Å². The molecule has 6 heteroatoms. The van der Waals surface area contributed by atoms with Gasteiger partial charge in [-0.25, -0.2) is 8.78 Å². The topological polar surface area (TPSA) is 41.1 Å². The third-order valence-electron chi connectivity index (χ3n) is 4.28. The second-order valence-electron chi connectivity index (χ2n) is 6.34. The van der Waals surface area contributed by atoms with E-state index in [2.05, 4.69) is 10.6 Å². The Hall–Kier alpha value is -2.57. The summed E-state index contributed by atoms with van der Waals surface area (Å²) in [5.41, 5.74) is 1.79. The summed E-state index contributed by atoms with van der Waals surface area (Å²) in [7, 11) is 0. The Labute approximate surface area is 161 Å². The van der Waals surface area contributed by atoms with Crippen LogP contribution in [0.2, 0.25) is 0 Å². The number of rotatable bonds is 6. The Morgan fingerprint density at radius 3 is 2.44 bits per heavy atom. The molecule has 1 heterocycles. The Bertz CT molecular complexity index is 910. The molecule has 2 aromatic carbocycles. The highest BCUT2D eigenvalue weighted by Crippen LogP contribution is 2.27. The van der Waals surface area contributed by atoms with E-state index in [4.69, 9.17) is 0 Å². The van der Waals surface area contributed by atoms with Gasteiger partial charge >= 0.3 is 0 Å². The van der Waals surface area contributed by atoms with Crippen LogP contribution >= 0.6 is 11.3 Å². The minimum Gasteiger partial charge on any atom is -0.325 e. The Balaban J connectivity index is 1.75. The first kappa shape index (κ1) is 19.2. The molecule has 27 heavy (non-hydrogen) atoms. The van der Waals surface area contributed by atoms with Crippen LogP contribution in [-0.2, 0) is 4.79 Å². The van der Waals surface area contributed by atoms with Crippen molar-refractivity contribution in [1.82, 2.24) is 5.32 Å². The maximum Gasteiger partial charge on any atom is 0.241 e. The van der Waals surface area contributed by atoms with E-state index < -0.39 is 6.04 Å². The quantitative estimate of drug-likeness (QED) is 0.623. The van der Waals surface area contributed by atoms with Gasteiger partial charge in [0.1, 0.15) is 11.6 Å². The summed E-state index contributed by atoms with van der Waals surface area (Å²) in [5, 5.41) is 7.96. The Morgan fingerprint density at radius 2 is 1.81 bits per heavy atom. The molecule has 3 nitrogen and oxygen atoms in total. The second-order valence-corrected chi connectivity index (χ2v) is 7.32. The van der Waals surface area contributed by atoms with Crippen LogP contribution in [0.4, 0.5) is 14.5 Å². The highest BCUT2D eigenvalue weighted by molar-refractivity contribution is 7.10. The van der Waals surface area contributed by atoms with Gasteiger partial charge in [-0.3, -0.25) is 10.1 Å². The van der Waals surface area contributed by atoms with Crippen LogP contribution in [0.1, 0.15) is 29.0 Å². The van der Waals surface area contributed by atoms with Gasteiger partial charge in [-0.15, -0.1) is 11.3 Å². The molecule has 0 unspecified atom stereocenters. The number of thiophene rings is 1. The average molecular weight is 386 g/mol. The lowest BCUT2D eigenvalue weighted by Crippen LogP contribution is -2.40. The van der Waals surface area contributed by atoms with Crippen molar-refractivity contribution in [3.63, 3.8) is 0 Å². The first-order valence-electron chi connectivity index (χ1n) is 8.56. The minimum atomic E-state index is -0.550. The maximum atomic E-state index is 13.7. The highest BCUT2D eigenvalue weighted by Gasteiger charge is 2.22. The van der Waals surface area contributed by atoms with E-state index in [1.807, 2.05) is 17.5 Å². The van der Waals surface area contributed by atoms with E-state index in [0.717, 1.165) is 10.4 Å². The maximum absolute atomic E-state index is 13.7. The van der Waals surface area contributed by atoms with Gasteiger partial charge in [-0.2, -0.15) is 0 Å². The number of anilines is 1. The highest BCUT2D eigenvalue weighted by atomic mass is 32.1. The lowest BCUT2D eigenvalue weighted by molar-refractivity contribution is -0.117. The van der Waals surface area contributed by atoms with Gasteiger partial charge in [0, 0.05) is 10.6 Å². The SMILES string of the molecule is Cc1ccc(NC(=O)[C@H](C)N[C@H](c2ccc(F)cc2)c2cccs2)cc1F. The predicted octanol–water partition coefficient (Wildman–Crippen LogP) is 5.04. The van der Waals surface area contributed by atoms with Crippen molar-refractivity contribution in [2.45, 2.75) is 25.9 Å². The molecule has 2 N–H and O–H groups in total. The van der Waals surface area contributed by atoms with Gasteiger partial charge in [0.2, 0.25) is 5.91 Å². The average Bonchev–Trinajstić information content (AvgIpc) is 3.18. The van der Waals surface area contributed by atoms with E-state index in [-0.39, 0.29) is 23.6 Å². The normalized spacial score (nSPS) is 13.2. The van der Waals surface area contributed by atoms with Crippen molar-refractivity contribution < 1.29 is 13.6 Å². The molecule has 0 radical (unpaired) electrons. The molecule has 0 aliphatic carbocycles. The minimum absolute atomic E-state index is 0.249. The van der Waals surface area contributed by atoms with Crippen LogP contribution in [0.5, 0.6) is 0 Å². The van der Waals surface area contributed by atoms with E-state index in [1.165, 1.54) is 18.2 Å². The molecule has 0 aliphatic rings. The molecular weight excluding hydrogens is 366 g/mol. The zero-order valence-corrected chi connectivity index (χ0v) is 15.8. The summed E-state index contributed by atoms with van der Waals surface area (Å²) >= 11 is 1.55. The fourth-order valence-corrected chi connectivity index (χ4v) is 3.51. The van der Waals surface area contributed by atoms with Crippen LogP contribution in [0.15, 0.2) is 60.0 Å². The summed E-state index contributed by atoms with van der Waals surface area (Å²) in [5.74, 6) is -0.950. The van der Waals surface area contributed by atoms with Crippen molar-refractivity contribution in [1.29, 1.82) is 0 Å². The molecular formula is C21H20F2N2OS. The molecule has 0 aliphatic heterocycles. The van der Waals surface area contributed by atoms with Crippen molar-refractivity contribution in [2.75, 3.05) is 5.32 Å². The smallest absolute Gasteiger partial charge is 0.241 e. The van der Waals surface area contributed by atoms with E-state index in [1.54, 1.807) is 49.4 Å². The van der Waals surface area contributed by atoms with Gasteiger partial charge in [0.15, 0.2) is 0 Å². The van der Waals surface area contributed by atoms with Gasteiger partial charge < -0.3 is 5.32 Å². The third kappa shape index (κ3) is 4.78. The number of amides is 1. The first-order chi connectivity index (χ1) is 12.9. The van der Waals surface area contributed by atoms with Crippen LogP contribution in [-0.4, -0.2) is 11.9 Å². The summed E-state index contributed by atoms with van der Waals surface area (Å²) in [6.45, 7) is 3.41. The molecule has 3 aromatic rings. The zero-order chi connectivity index (χ0) is 19.4. The van der Waals surface area contributed by atoms with Crippen molar-refractivity contribution >= 4 is 22.9 Å². The summed E-state index contributed by atoms with van der Waals surface area (Å²) in [4.78, 5) is 13.6. The molecule has 0 saturated heterocycles. The molecule has 140 valence electrons. The van der Waals surface area contributed by atoms with Crippen LogP contribution in [0, 0.1) is 18.6 Å². The van der Waals surface area contributed by atoms with Gasteiger partial charge in [-0.05, 0) is 60.7 Å². The molecule has 0 fully saturated rings. The number of benzene rings is 2. The van der Waals surface area contributed by atoms with Gasteiger partial charge in [0.05, 0.1) is 12.1 Å². The standard InChI is InChI=1S/C21H20F2N2OS/c1-13-5-10-17(12-18(13)23)25-21(26)14(2)24-20(19-4-3-11-27-19)15-6-8-16(22)9-7-15/h3-12,14,20,24H,1-2H3,(H,25,26)/t14-,20+/m0/s1. The monoisotopic (exact) mass is 386 g/mol. The van der Waals surface area contributed by atoms with Crippen molar-refractivity contribution in [3.8, 4) is 0 Å². The second kappa shape index (κ2) is 8.41. The Morgan fingerprint density at radius 1 is 1.07 bits per heavy atom. The van der Waals surface area contributed by atoms with E-state index in [9.17, 15) is 13.6 Å². The van der Waals surface area contributed by atoms with Crippen LogP contribution in [0.25, 0.3) is 0 Å². The summed E-state index contributed by atoms with van der Waals surface area (Å²) in [6.07, 6.45) is 0. The predicted molar refractivity (Wildman–Crippen MR) is 105 cm³/mol. The van der Waals surface area contributed by atoms with E-state index >= 15 is 0 Å². The van der Waals surface area contributed by atoms with E-state index in [0.29, 0.717) is 11.3 Å². The zero-order valence-electron chi connectivity index (χ0n) is 15.0. The van der Waals surface area contributed by atoms with Crippen molar-refractivity contribution in [2.24, 2.45) is 0 Å². The fraction of sp³-hybridized carbons (Fsp3) is 0.190. The van der Waals surface area contributed by atoms with Gasteiger partial charge in [0.25, 0.3) is 0 Å². The summed E-state index contributed by atoms with van der Waals surface area (Å²) < 4.78 is 27.0. The van der Waals surface area contributed by atoms with Crippen LogP contribution in [0.3, 0.4) is 0 Å². The number of hydrogen-bond donors (Lipinski definition) is 2. The molecule has 3 rings (SSSR count). The van der Waals surface area contributed by atoms with Crippen LogP contribution < -0.4 is 10.6 Å². The number of hydrogen-bond acceptors (Lipinski definition) is 3. The third-order valence-corrected chi connectivity index (χ3v) is 5.22. The van der Waals surface area contributed by atoms with Gasteiger partial charge in [-0.1, -0.05) is 24.3 Å². The number of aryl methyl sites for hydroxylation is 1. The first-order valence-corrected chi connectivity index (χ1v) is 9.44. The fourth-order valence-electron chi connectivity index (χ4n) is 2.70.